The monoisotopic (exact) mass is 348 g/mol. The lowest BCUT2D eigenvalue weighted by Crippen LogP contribution is -2.45. The van der Waals surface area contributed by atoms with Gasteiger partial charge in [0.05, 0.1) is 6.04 Å². The molecule has 1 saturated heterocycles. The summed E-state index contributed by atoms with van der Waals surface area (Å²) in [6.07, 6.45) is 4.27. The van der Waals surface area contributed by atoms with Crippen molar-refractivity contribution in [3.63, 3.8) is 0 Å². The zero-order valence-electron chi connectivity index (χ0n) is 15.5. The fourth-order valence-electron chi connectivity index (χ4n) is 4.48. The molecule has 4 rings (SSSR count). The molecule has 0 radical (unpaired) electrons. The zero-order chi connectivity index (χ0) is 17.9. The first-order chi connectivity index (χ1) is 12.7. The smallest absolute Gasteiger partial charge is 0.223 e. The first-order valence-corrected chi connectivity index (χ1v) is 9.87. The number of hydrogen-bond acceptors (Lipinski definition) is 2. The summed E-state index contributed by atoms with van der Waals surface area (Å²) in [6.45, 7) is 4.14. The van der Waals surface area contributed by atoms with Gasteiger partial charge >= 0.3 is 0 Å². The van der Waals surface area contributed by atoms with Crippen LogP contribution in [0.1, 0.15) is 42.5 Å². The van der Waals surface area contributed by atoms with Crippen LogP contribution in [0.5, 0.6) is 0 Å². The number of fused-ring (bicyclic) bond motifs is 1. The molecule has 1 fully saturated rings. The minimum Gasteiger partial charge on any atom is -0.349 e. The Morgan fingerprint density at radius 2 is 1.54 bits per heavy atom. The molecule has 2 aliphatic rings. The molecule has 1 aliphatic heterocycles. The van der Waals surface area contributed by atoms with E-state index >= 15 is 0 Å². The van der Waals surface area contributed by atoms with Crippen LogP contribution in [-0.2, 0) is 17.6 Å². The van der Waals surface area contributed by atoms with Crippen LogP contribution in [0.2, 0.25) is 0 Å². The third kappa shape index (κ3) is 3.68. The van der Waals surface area contributed by atoms with Crippen LogP contribution in [0.4, 0.5) is 0 Å². The zero-order valence-corrected chi connectivity index (χ0v) is 15.5. The summed E-state index contributed by atoms with van der Waals surface area (Å²) in [6, 6.07) is 19.7. The van der Waals surface area contributed by atoms with Crippen LogP contribution < -0.4 is 5.32 Å². The van der Waals surface area contributed by atoms with Crippen LogP contribution in [-0.4, -0.2) is 29.9 Å². The molecule has 0 bridgehead atoms. The van der Waals surface area contributed by atoms with Gasteiger partial charge < -0.3 is 5.32 Å². The van der Waals surface area contributed by atoms with Gasteiger partial charge in [-0.3, -0.25) is 9.69 Å². The first-order valence-electron chi connectivity index (χ1n) is 9.87. The van der Waals surface area contributed by atoms with E-state index in [9.17, 15) is 4.79 Å². The van der Waals surface area contributed by atoms with E-state index in [0.717, 1.165) is 38.8 Å². The van der Waals surface area contributed by atoms with Gasteiger partial charge in [0, 0.05) is 12.0 Å². The highest BCUT2D eigenvalue weighted by molar-refractivity contribution is 5.79. The molecule has 1 unspecified atom stereocenters. The highest BCUT2D eigenvalue weighted by Crippen LogP contribution is 2.29. The molecule has 0 spiro atoms. The molecule has 0 aromatic heterocycles. The largest absolute Gasteiger partial charge is 0.349 e. The third-order valence-corrected chi connectivity index (χ3v) is 6.10. The van der Waals surface area contributed by atoms with Crippen molar-refractivity contribution in [3.8, 4) is 0 Å². The summed E-state index contributed by atoms with van der Waals surface area (Å²) < 4.78 is 0. The highest BCUT2D eigenvalue weighted by atomic mass is 16.1. The molecule has 0 saturated carbocycles. The van der Waals surface area contributed by atoms with Crippen LogP contribution in [0.15, 0.2) is 54.6 Å². The van der Waals surface area contributed by atoms with Crippen molar-refractivity contribution in [2.75, 3.05) is 13.1 Å². The topological polar surface area (TPSA) is 32.3 Å². The standard InChI is InChI=1S/C23H28N2O/c1-17(18-7-3-2-4-8-18)24-23(26)19-11-13-25(14-12-19)22-15-20-9-5-6-10-21(20)16-22/h2-10,17,19,22H,11-16H2,1H3,(H,24,26). The Morgan fingerprint density at radius 3 is 2.15 bits per heavy atom. The predicted molar refractivity (Wildman–Crippen MR) is 105 cm³/mol. The van der Waals surface area contributed by atoms with Gasteiger partial charge in [-0.15, -0.1) is 0 Å². The summed E-state index contributed by atoms with van der Waals surface area (Å²) in [5.41, 5.74) is 4.19. The van der Waals surface area contributed by atoms with Crippen molar-refractivity contribution < 1.29 is 4.79 Å². The molecule has 3 nitrogen and oxygen atoms in total. The Bertz CT molecular complexity index is 725. The van der Waals surface area contributed by atoms with Crippen LogP contribution in [0.3, 0.4) is 0 Å². The molecule has 1 N–H and O–H groups in total. The maximum Gasteiger partial charge on any atom is 0.223 e. The van der Waals surface area contributed by atoms with Gasteiger partial charge in [0.25, 0.3) is 0 Å². The number of likely N-dealkylation sites (tertiary alicyclic amines) is 1. The number of benzene rings is 2. The summed E-state index contributed by atoms with van der Waals surface area (Å²) in [5, 5.41) is 3.21. The third-order valence-electron chi connectivity index (χ3n) is 6.10. The molecular weight excluding hydrogens is 320 g/mol. The Morgan fingerprint density at radius 1 is 0.962 bits per heavy atom. The Kier molecular flexibility index (Phi) is 5.07. The van der Waals surface area contributed by atoms with Gasteiger partial charge in [0.1, 0.15) is 0 Å². The summed E-state index contributed by atoms with van der Waals surface area (Å²) in [5.74, 6) is 0.372. The maximum absolute atomic E-state index is 12.7. The second-order valence-electron chi connectivity index (χ2n) is 7.78. The molecule has 3 heteroatoms. The van der Waals surface area contributed by atoms with Gasteiger partial charge in [0.15, 0.2) is 0 Å². The van der Waals surface area contributed by atoms with Gasteiger partial charge in [-0.05, 0) is 62.4 Å². The molecule has 1 atom stereocenters. The van der Waals surface area contributed by atoms with Crippen molar-refractivity contribution in [1.82, 2.24) is 10.2 Å². The number of rotatable bonds is 4. The van der Waals surface area contributed by atoms with E-state index in [2.05, 4.69) is 53.5 Å². The summed E-state index contributed by atoms with van der Waals surface area (Å²) in [7, 11) is 0. The van der Waals surface area contributed by atoms with E-state index < -0.39 is 0 Å². The van der Waals surface area contributed by atoms with Crippen molar-refractivity contribution in [2.24, 2.45) is 5.92 Å². The maximum atomic E-state index is 12.7. The van der Waals surface area contributed by atoms with Crippen molar-refractivity contribution in [1.29, 1.82) is 0 Å². The Labute approximate surface area is 156 Å². The second-order valence-corrected chi connectivity index (χ2v) is 7.78. The highest BCUT2D eigenvalue weighted by Gasteiger charge is 2.32. The van der Waals surface area contributed by atoms with E-state index in [4.69, 9.17) is 0 Å². The first kappa shape index (κ1) is 17.3. The Hall–Kier alpha value is -2.13. The van der Waals surface area contributed by atoms with Crippen LogP contribution in [0, 0.1) is 5.92 Å². The number of hydrogen-bond donors (Lipinski definition) is 1. The molecule has 1 amide bonds. The van der Waals surface area contributed by atoms with Gasteiger partial charge in [0.2, 0.25) is 5.91 Å². The molecule has 26 heavy (non-hydrogen) atoms. The fraction of sp³-hybridized carbons (Fsp3) is 0.435. The van der Waals surface area contributed by atoms with E-state index in [-0.39, 0.29) is 17.9 Å². The van der Waals surface area contributed by atoms with Gasteiger partial charge in [-0.2, -0.15) is 0 Å². The SMILES string of the molecule is CC(NC(=O)C1CCN(C2Cc3ccccc3C2)CC1)c1ccccc1. The number of carbonyl (C=O) groups is 1. The van der Waals surface area contributed by atoms with Crippen molar-refractivity contribution in [3.05, 3.63) is 71.3 Å². The van der Waals surface area contributed by atoms with Crippen molar-refractivity contribution in [2.45, 2.75) is 44.7 Å². The van der Waals surface area contributed by atoms with Crippen LogP contribution in [0.25, 0.3) is 0 Å². The number of nitrogens with zero attached hydrogens (tertiary/aromatic N) is 1. The lowest BCUT2D eigenvalue weighted by atomic mass is 9.93. The minimum atomic E-state index is 0.0751. The number of carbonyl (C=O) groups excluding carboxylic acids is 1. The average Bonchev–Trinajstić information content (AvgIpc) is 3.13. The quantitative estimate of drug-likeness (QED) is 0.913. The number of nitrogens with one attached hydrogen (secondary N) is 1. The van der Waals surface area contributed by atoms with Crippen molar-refractivity contribution >= 4 is 5.91 Å². The van der Waals surface area contributed by atoms with Gasteiger partial charge in [-0.1, -0.05) is 54.6 Å². The molecular formula is C23H28N2O. The van der Waals surface area contributed by atoms with E-state index in [0.29, 0.717) is 6.04 Å². The fourth-order valence-corrected chi connectivity index (χ4v) is 4.48. The van der Waals surface area contributed by atoms with Gasteiger partial charge in [-0.25, -0.2) is 0 Å². The molecule has 2 aromatic carbocycles. The number of piperidine rings is 1. The van der Waals surface area contributed by atoms with E-state index in [1.165, 1.54) is 16.7 Å². The minimum absolute atomic E-state index is 0.0751. The lowest BCUT2D eigenvalue weighted by Gasteiger charge is -2.35. The Balaban J connectivity index is 1.28. The van der Waals surface area contributed by atoms with E-state index in [1.54, 1.807) is 0 Å². The predicted octanol–water partition coefficient (Wildman–Crippen LogP) is 3.74. The lowest BCUT2D eigenvalue weighted by molar-refractivity contribution is -0.127. The average molecular weight is 348 g/mol. The van der Waals surface area contributed by atoms with Crippen LogP contribution >= 0.6 is 0 Å². The molecule has 136 valence electrons. The second kappa shape index (κ2) is 7.63. The normalized spacial score (nSPS) is 19.9. The summed E-state index contributed by atoms with van der Waals surface area (Å²) >= 11 is 0. The van der Waals surface area contributed by atoms with E-state index in [1.807, 2.05) is 18.2 Å². The molecule has 2 aromatic rings. The summed E-state index contributed by atoms with van der Waals surface area (Å²) in [4.78, 5) is 15.3. The molecule has 1 heterocycles. The molecule has 1 aliphatic carbocycles. The number of amides is 1.